The van der Waals surface area contributed by atoms with E-state index in [1.165, 1.54) is 30.3 Å². The maximum Gasteiger partial charge on any atom is 0.416 e. The first-order valence-electron chi connectivity index (χ1n) is 9.83. The van der Waals surface area contributed by atoms with Gasteiger partial charge in [0, 0.05) is 11.6 Å². The van der Waals surface area contributed by atoms with Crippen LogP contribution in [0.15, 0.2) is 83.8 Å². The van der Waals surface area contributed by atoms with Crippen LogP contribution in [0.4, 0.5) is 18.9 Å². The van der Waals surface area contributed by atoms with Crippen LogP contribution in [0.5, 0.6) is 0 Å². The molecule has 5 nitrogen and oxygen atoms in total. The number of sulfonamides is 1. The molecule has 10 heteroatoms. The molecular weight excluding hydrogens is 477 g/mol. The van der Waals surface area contributed by atoms with E-state index in [0.717, 1.165) is 17.7 Å². The Labute approximate surface area is 194 Å². The second-order valence-corrected chi connectivity index (χ2v) is 9.40. The predicted molar refractivity (Wildman–Crippen MR) is 121 cm³/mol. The van der Waals surface area contributed by atoms with Crippen molar-refractivity contribution < 1.29 is 26.4 Å². The number of benzene rings is 3. The maximum atomic E-state index is 13.2. The Morgan fingerprint density at radius 2 is 1.61 bits per heavy atom. The van der Waals surface area contributed by atoms with Gasteiger partial charge < -0.3 is 5.32 Å². The Hall–Kier alpha value is -3.04. The standard InChI is InChI=1S/C23H20ClF3N2O3S/c24-19-11-9-17(10-12-19)13-14-28-22(30)16-29(33(31,32)21-7-2-1-3-8-21)20-6-4-5-18(15-20)23(25,26)27/h1-12,15H,13-14,16H2,(H,28,30). The topological polar surface area (TPSA) is 66.5 Å². The first-order valence-corrected chi connectivity index (χ1v) is 11.7. The van der Waals surface area contributed by atoms with Gasteiger partial charge in [-0.1, -0.05) is 48.0 Å². The molecule has 1 amide bonds. The molecule has 0 saturated carbocycles. The summed E-state index contributed by atoms with van der Waals surface area (Å²) in [7, 11) is -4.30. The van der Waals surface area contributed by atoms with Gasteiger partial charge in [0.05, 0.1) is 16.1 Å². The molecule has 0 aliphatic carbocycles. The van der Waals surface area contributed by atoms with Crippen molar-refractivity contribution in [3.63, 3.8) is 0 Å². The number of halogens is 4. The lowest BCUT2D eigenvalue weighted by Gasteiger charge is -2.25. The molecule has 33 heavy (non-hydrogen) atoms. The predicted octanol–water partition coefficient (Wildman–Crippen LogP) is 4.91. The third kappa shape index (κ3) is 6.49. The third-order valence-corrected chi connectivity index (χ3v) is 6.77. The summed E-state index contributed by atoms with van der Waals surface area (Å²) in [5.41, 5.74) is -0.371. The number of carbonyl (C=O) groups excluding carboxylic acids is 1. The van der Waals surface area contributed by atoms with Crippen molar-refractivity contribution in [1.82, 2.24) is 5.32 Å². The Balaban J connectivity index is 1.83. The minimum absolute atomic E-state index is 0.142. The summed E-state index contributed by atoms with van der Waals surface area (Å²) in [4.78, 5) is 12.4. The van der Waals surface area contributed by atoms with E-state index in [2.05, 4.69) is 5.32 Å². The van der Waals surface area contributed by atoms with Gasteiger partial charge in [0.15, 0.2) is 0 Å². The van der Waals surface area contributed by atoms with Crippen LogP contribution in [0.25, 0.3) is 0 Å². The number of alkyl halides is 3. The molecule has 3 rings (SSSR count). The van der Waals surface area contributed by atoms with E-state index in [-0.39, 0.29) is 17.1 Å². The van der Waals surface area contributed by atoms with Gasteiger partial charge in [-0.25, -0.2) is 8.42 Å². The fourth-order valence-electron chi connectivity index (χ4n) is 3.06. The number of anilines is 1. The molecule has 0 fully saturated rings. The lowest BCUT2D eigenvalue weighted by molar-refractivity contribution is -0.137. The normalized spacial score (nSPS) is 11.8. The van der Waals surface area contributed by atoms with Crippen LogP contribution in [-0.4, -0.2) is 27.4 Å². The van der Waals surface area contributed by atoms with E-state index in [4.69, 9.17) is 11.6 Å². The number of hydrogen-bond donors (Lipinski definition) is 1. The monoisotopic (exact) mass is 496 g/mol. The van der Waals surface area contributed by atoms with E-state index in [0.29, 0.717) is 21.8 Å². The van der Waals surface area contributed by atoms with Gasteiger partial charge in [-0.3, -0.25) is 9.10 Å². The average Bonchev–Trinajstić information content (AvgIpc) is 2.79. The lowest BCUT2D eigenvalue weighted by Crippen LogP contribution is -2.41. The van der Waals surface area contributed by atoms with Crippen LogP contribution in [0.2, 0.25) is 5.02 Å². The Morgan fingerprint density at radius 1 is 0.939 bits per heavy atom. The van der Waals surface area contributed by atoms with Gasteiger partial charge in [-0.2, -0.15) is 13.2 Å². The van der Waals surface area contributed by atoms with Gasteiger partial charge >= 0.3 is 6.18 Å². The number of amides is 1. The van der Waals surface area contributed by atoms with Crippen LogP contribution in [0.3, 0.4) is 0 Å². The molecule has 0 radical (unpaired) electrons. The van der Waals surface area contributed by atoms with Crippen molar-refractivity contribution in [1.29, 1.82) is 0 Å². The van der Waals surface area contributed by atoms with Gasteiger partial charge in [0.2, 0.25) is 5.91 Å². The second-order valence-electron chi connectivity index (χ2n) is 7.10. The number of rotatable bonds is 8. The Bertz CT molecular complexity index is 1200. The van der Waals surface area contributed by atoms with E-state index in [1.807, 2.05) is 0 Å². The second kappa shape index (κ2) is 10.3. The summed E-state index contributed by atoms with van der Waals surface area (Å²) >= 11 is 5.84. The molecular formula is C23H20ClF3N2O3S. The fourth-order valence-corrected chi connectivity index (χ4v) is 4.62. The molecule has 0 spiro atoms. The summed E-state index contributed by atoms with van der Waals surface area (Å²) in [5.74, 6) is -0.652. The van der Waals surface area contributed by atoms with Crippen LogP contribution in [-0.2, 0) is 27.4 Å². The van der Waals surface area contributed by atoms with Crippen molar-refractivity contribution >= 4 is 33.2 Å². The molecule has 0 unspecified atom stereocenters. The van der Waals surface area contributed by atoms with Crippen molar-refractivity contribution in [3.8, 4) is 0 Å². The highest BCUT2D eigenvalue weighted by Gasteiger charge is 2.33. The first kappa shape index (κ1) is 24.6. The summed E-state index contributed by atoms with van der Waals surface area (Å²) in [6, 6.07) is 18.1. The number of hydrogen-bond acceptors (Lipinski definition) is 3. The largest absolute Gasteiger partial charge is 0.416 e. The van der Waals surface area contributed by atoms with Crippen molar-refractivity contribution in [3.05, 3.63) is 95.0 Å². The molecule has 3 aromatic carbocycles. The summed E-state index contributed by atoms with van der Waals surface area (Å²) in [6.07, 6.45) is -4.20. The van der Waals surface area contributed by atoms with Crippen LogP contribution in [0.1, 0.15) is 11.1 Å². The first-order chi connectivity index (χ1) is 15.6. The van der Waals surface area contributed by atoms with E-state index in [9.17, 15) is 26.4 Å². The maximum absolute atomic E-state index is 13.2. The quantitative estimate of drug-likeness (QED) is 0.482. The molecule has 0 aromatic heterocycles. The van der Waals surface area contributed by atoms with E-state index >= 15 is 0 Å². The Morgan fingerprint density at radius 3 is 2.24 bits per heavy atom. The molecule has 0 saturated heterocycles. The highest BCUT2D eigenvalue weighted by atomic mass is 35.5. The minimum Gasteiger partial charge on any atom is -0.354 e. The third-order valence-electron chi connectivity index (χ3n) is 4.73. The molecule has 0 bridgehead atoms. The molecule has 0 aliphatic heterocycles. The zero-order valence-corrected chi connectivity index (χ0v) is 18.8. The summed E-state index contributed by atoms with van der Waals surface area (Å²) < 4.78 is 66.7. The number of nitrogens with zero attached hydrogens (tertiary/aromatic N) is 1. The molecule has 3 aromatic rings. The average molecular weight is 497 g/mol. The molecule has 1 N–H and O–H groups in total. The van der Waals surface area contributed by atoms with Crippen molar-refractivity contribution in [2.75, 3.05) is 17.4 Å². The van der Waals surface area contributed by atoms with Crippen LogP contribution in [0, 0.1) is 0 Å². The Kier molecular flexibility index (Phi) is 7.65. The highest BCUT2D eigenvalue weighted by molar-refractivity contribution is 7.92. The fraction of sp³-hybridized carbons (Fsp3) is 0.174. The summed E-state index contributed by atoms with van der Waals surface area (Å²) in [6.45, 7) is -0.471. The molecule has 0 heterocycles. The SMILES string of the molecule is O=C(CN(c1cccc(C(F)(F)F)c1)S(=O)(=O)c1ccccc1)NCCc1ccc(Cl)cc1. The van der Waals surface area contributed by atoms with Crippen molar-refractivity contribution in [2.45, 2.75) is 17.5 Å². The van der Waals surface area contributed by atoms with Gasteiger partial charge in [0.1, 0.15) is 6.54 Å². The number of nitrogens with one attached hydrogen (secondary N) is 1. The minimum atomic E-state index is -4.67. The van der Waals surface area contributed by atoms with Gasteiger partial charge in [-0.15, -0.1) is 0 Å². The van der Waals surface area contributed by atoms with Crippen LogP contribution >= 0.6 is 11.6 Å². The van der Waals surface area contributed by atoms with Crippen molar-refractivity contribution in [2.24, 2.45) is 0 Å². The van der Waals surface area contributed by atoms with Crippen LogP contribution < -0.4 is 9.62 Å². The van der Waals surface area contributed by atoms with E-state index < -0.39 is 34.2 Å². The van der Waals surface area contributed by atoms with Gasteiger partial charge in [-0.05, 0) is 54.4 Å². The lowest BCUT2D eigenvalue weighted by atomic mass is 10.1. The summed E-state index contributed by atoms with van der Waals surface area (Å²) in [5, 5.41) is 3.19. The smallest absolute Gasteiger partial charge is 0.354 e. The zero-order valence-electron chi connectivity index (χ0n) is 17.2. The van der Waals surface area contributed by atoms with E-state index in [1.54, 1.807) is 30.3 Å². The highest BCUT2D eigenvalue weighted by Crippen LogP contribution is 2.33. The molecule has 174 valence electrons. The number of carbonyl (C=O) groups is 1. The van der Waals surface area contributed by atoms with Gasteiger partial charge in [0.25, 0.3) is 10.0 Å². The zero-order chi connectivity index (χ0) is 24.1. The molecule has 0 atom stereocenters. The molecule has 0 aliphatic rings.